The summed E-state index contributed by atoms with van der Waals surface area (Å²) in [5, 5.41) is 2.96. The number of carbonyl (C=O) groups is 1. The Hall–Kier alpha value is -0.870. The summed E-state index contributed by atoms with van der Waals surface area (Å²) < 4.78 is 5.47. The van der Waals surface area contributed by atoms with Gasteiger partial charge in [0.15, 0.2) is 0 Å². The van der Waals surface area contributed by atoms with Crippen molar-refractivity contribution in [2.75, 3.05) is 32.8 Å². The molecule has 0 aromatic heterocycles. The number of hydrogen-bond donors (Lipinski definition) is 1. The number of nitrogens with zero attached hydrogens (tertiary/aromatic N) is 1. The third-order valence-corrected chi connectivity index (χ3v) is 3.48. The predicted molar refractivity (Wildman–Crippen MR) is 66.8 cm³/mol. The monoisotopic (exact) mass is 238 g/mol. The summed E-state index contributed by atoms with van der Waals surface area (Å²) in [6.07, 6.45) is 4.48. The standard InChI is InChI=1S/C13H22N2O2/c1-11-4-6-15(7-5-11)10-13(16)14-9-12-3-2-8-17-12/h12H,1-10H2,(H,14,16). The maximum atomic E-state index is 11.7. The van der Waals surface area contributed by atoms with Crippen molar-refractivity contribution < 1.29 is 9.53 Å². The Labute approximate surface area is 103 Å². The fourth-order valence-corrected chi connectivity index (χ4v) is 2.32. The molecule has 4 heteroatoms. The highest BCUT2D eigenvalue weighted by atomic mass is 16.5. The Balaban J connectivity index is 1.61. The third-order valence-electron chi connectivity index (χ3n) is 3.48. The molecule has 0 aliphatic carbocycles. The number of likely N-dealkylation sites (tertiary alicyclic amines) is 1. The van der Waals surface area contributed by atoms with Crippen LogP contribution in [-0.4, -0.2) is 49.7 Å². The molecule has 2 aliphatic rings. The van der Waals surface area contributed by atoms with Gasteiger partial charge < -0.3 is 10.1 Å². The molecular weight excluding hydrogens is 216 g/mol. The SMILES string of the molecule is C=C1CCN(CC(=O)NCC2CCCO2)CC1. The van der Waals surface area contributed by atoms with Gasteiger partial charge >= 0.3 is 0 Å². The number of piperidine rings is 1. The normalized spacial score (nSPS) is 26.1. The van der Waals surface area contributed by atoms with E-state index in [4.69, 9.17) is 4.74 Å². The number of nitrogens with one attached hydrogen (secondary N) is 1. The molecule has 96 valence electrons. The molecule has 1 atom stereocenters. The predicted octanol–water partition coefficient (Wildman–Crippen LogP) is 0.934. The van der Waals surface area contributed by atoms with Crippen molar-refractivity contribution in [3.05, 3.63) is 12.2 Å². The first kappa shape index (κ1) is 12.6. The van der Waals surface area contributed by atoms with Crippen LogP contribution in [0.1, 0.15) is 25.7 Å². The van der Waals surface area contributed by atoms with Gasteiger partial charge in [-0.25, -0.2) is 0 Å². The summed E-state index contributed by atoms with van der Waals surface area (Å²) in [5.41, 5.74) is 1.31. The maximum absolute atomic E-state index is 11.7. The lowest BCUT2D eigenvalue weighted by atomic mass is 10.1. The van der Waals surface area contributed by atoms with E-state index in [-0.39, 0.29) is 12.0 Å². The number of ether oxygens (including phenoxy) is 1. The van der Waals surface area contributed by atoms with Crippen molar-refractivity contribution in [1.29, 1.82) is 0 Å². The zero-order chi connectivity index (χ0) is 12.1. The summed E-state index contributed by atoms with van der Waals surface area (Å²) in [5.74, 6) is 0.119. The van der Waals surface area contributed by atoms with E-state index in [0.717, 1.165) is 45.4 Å². The Morgan fingerprint density at radius 3 is 2.88 bits per heavy atom. The van der Waals surface area contributed by atoms with Crippen LogP contribution < -0.4 is 5.32 Å². The molecule has 0 bridgehead atoms. The van der Waals surface area contributed by atoms with E-state index >= 15 is 0 Å². The second kappa shape index (κ2) is 6.17. The second-order valence-electron chi connectivity index (χ2n) is 4.97. The van der Waals surface area contributed by atoms with E-state index in [0.29, 0.717) is 13.1 Å². The van der Waals surface area contributed by atoms with E-state index in [1.54, 1.807) is 0 Å². The van der Waals surface area contributed by atoms with Gasteiger partial charge in [0.05, 0.1) is 12.6 Å². The Bertz CT molecular complexity index is 275. The molecule has 0 spiro atoms. The number of rotatable bonds is 4. The quantitative estimate of drug-likeness (QED) is 0.741. The lowest BCUT2D eigenvalue weighted by Crippen LogP contribution is -2.42. The molecule has 0 radical (unpaired) electrons. The van der Waals surface area contributed by atoms with Gasteiger partial charge in [-0.05, 0) is 25.7 Å². The van der Waals surface area contributed by atoms with Crippen LogP contribution in [0.5, 0.6) is 0 Å². The van der Waals surface area contributed by atoms with Crippen LogP contribution >= 0.6 is 0 Å². The van der Waals surface area contributed by atoms with Crippen LogP contribution in [0.25, 0.3) is 0 Å². The number of carbonyl (C=O) groups excluding carboxylic acids is 1. The van der Waals surface area contributed by atoms with Crippen molar-refractivity contribution in [2.24, 2.45) is 0 Å². The van der Waals surface area contributed by atoms with Crippen molar-refractivity contribution in [3.63, 3.8) is 0 Å². The fourth-order valence-electron chi connectivity index (χ4n) is 2.32. The highest BCUT2D eigenvalue weighted by Crippen LogP contribution is 2.13. The van der Waals surface area contributed by atoms with E-state index in [1.807, 2.05) is 0 Å². The third kappa shape index (κ3) is 4.13. The molecule has 2 fully saturated rings. The minimum Gasteiger partial charge on any atom is -0.376 e. The van der Waals surface area contributed by atoms with Gasteiger partial charge in [0.1, 0.15) is 0 Å². The Kier molecular flexibility index (Phi) is 4.57. The summed E-state index contributed by atoms with van der Waals surface area (Å²) in [6.45, 7) is 7.92. The van der Waals surface area contributed by atoms with Gasteiger partial charge in [0, 0.05) is 26.2 Å². The van der Waals surface area contributed by atoms with Crippen LogP contribution in [0.2, 0.25) is 0 Å². The zero-order valence-electron chi connectivity index (χ0n) is 10.4. The van der Waals surface area contributed by atoms with Crippen LogP contribution in [-0.2, 0) is 9.53 Å². The smallest absolute Gasteiger partial charge is 0.234 e. The van der Waals surface area contributed by atoms with Crippen molar-refractivity contribution >= 4 is 5.91 Å². The lowest BCUT2D eigenvalue weighted by molar-refractivity contribution is -0.122. The van der Waals surface area contributed by atoms with Crippen LogP contribution in [0, 0.1) is 0 Å². The van der Waals surface area contributed by atoms with Gasteiger partial charge in [-0.1, -0.05) is 12.2 Å². The average Bonchev–Trinajstić information content (AvgIpc) is 2.83. The lowest BCUT2D eigenvalue weighted by Gasteiger charge is -2.27. The molecule has 1 N–H and O–H groups in total. The minimum atomic E-state index is 0.119. The van der Waals surface area contributed by atoms with Crippen LogP contribution in [0.4, 0.5) is 0 Å². The van der Waals surface area contributed by atoms with E-state index in [1.165, 1.54) is 5.57 Å². The highest BCUT2D eigenvalue weighted by molar-refractivity contribution is 5.78. The summed E-state index contributed by atoms with van der Waals surface area (Å²) in [6, 6.07) is 0. The summed E-state index contributed by atoms with van der Waals surface area (Å²) in [4.78, 5) is 13.9. The molecule has 4 nitrogen and oxygen atoms in total. The molecule has 0 saturated carbocycles. The van der Waals surface area contributed by atoms with Crippen molar-refractivity contribution in [1.82, 2.24) is 10.2 Å². The highest BCUT2D eigenvalue weighted by Gasteiger charge is 2.18. The summed E-state index contributed by atoms with van der Waals surface area (Å²) >= 11 is 0. The fraction of sp³-hybridized carbons (Fsp3) is 0.769. The largest absolute Gasteiger partial charge is 0.376 e. The van der Waals surface area contributed by atoms with Crippen molar-refractivity contribution in [2.45, 2.75) is 31.8 Å². The first-order chi connectivity index (χ1) is 8.24. The van der Waals surface area contributed by atoms with Gasteiger partial charge in [0.25, 0.3) is 0 Å². The first-order valence-electron chi connectivity index (χ1n) is 6.51. The maximum Gasteiger partial charge on any atom is 0.234 e. The molecule has 2 saturated heterocycles. The van der Waals surface area contributed by atoms with Gasteiger partial charge in [-0.3, -0.25) is 9.69 Å². The molecule has 2 rings (SSSR count). The molecule has 17 heavy (non-hydrogen) atoms. The Morgan fingerprint density at radius 2 is 2.24 bits per heavy atom. The van der Waals surface area contributed by atoms with Crippen molar-refractivity contribution in [3.8, 4) is 0 Å². The number of amides is 1. The van der Waals surface area contributed by atoms with Crippen LogP contribution in [0.15, 0.2) is 12.2 Å². The molecule has 2 heterocycles. The molecule has 1 amide bonds. The van der Waals surface area contributed by atoms with E-state index in [9.17, 15) is 4.79 Å². The molecule has 0 aromatic carbocycles. The Morgan fingerprint density at radius 1 is 1.47 bits per heavy atom. The van der Waals surface area contributed by atoms with E-state index < -0.39 is 0 Å². The van der Waals surface area contributed by atoms with Crippen LogP contribution in [0.3, 0.4) is 0 Å². The second-order valence-corrected chi connectivity index (χ2v) is 4.97. The topological polar surface area (TPSA) is 41.6 Å². The number of hydrogen-bond acceptors (Lipinski definition) is 3. The summed E-state index contributed by atoms with van der Waals surface area (Å²) in [7, 11) is 0. The van der Waals surface area contributed by atoms with E-state index in [2.05, 4.69) is 16.8 Å². The van der Waals surface area contributed by atoms with Gasteiger partial charge in [-0.15, -0.1) is 0 Å². The average molecular weight is 238 g/mol. The molecule has 2 aliphatic heterocycles. The zero-order valence-corrected chi connectivity index (χ0v) is 10.4. The van der Waals surface area contributed by atoms with Gasteiger partial charge in [0.2, 0.25) is 5.91 Å². The first-order valence-corrected chi connectivity index (χ1v) is 6.51. The van der Waals surface area contributed by atoms with Gasteiger partial charge in [-0.2, -0.15) is 0 Å². The molecule has 1 unspecified atom stereocenters. The molecule has 0 aromatic rings. The minimum absolute atomic E-state index is 0.119. The molecular formula is C13H22N2O2.